The van der Waals surface area contributed by atoms with Crippen molar-refractivity contribution in [2.24, 2.45) is 9.98 Å². The first-order valence-corrected chi connectivity index (χ1v) is 7.37. The Morgan fingerprint density at radius 2 is 1.83 bits per heavy atom. The van der Waals surface area contributed by atoms with Crippen molar-refractivity contribution >= 4 is 41.0 Å². The lowest BCUT2D eigenvalue weighted by Gasteiger charge is -2.04. The Morgan fingerprint density at radius 3 is 2.50 bits per heavy atom. The molecule has 0 aliphatic rings. The van der Waals surface area contributed by atoms with Crippen LogP contribution in [0.1, 0.15) is 12.8 Å². The second-order valence-electron chi connectivity index (χ2n) is 4.83. The number of aromatic nitrogens is 1. The van der Waals surface area contributed by atoms with Crippen LogP contribution in [0.2, 0.25) is 0 Å². The molecule has 0 radical (unpaired) electrons. The van der Waals surface area contributed by atoms with Crippen LogP contribution in [0, 0.1) is 10.8 Å². The zero-order valence-corrected chi connectivity index (χ0v) is 13.0. The van der Waals surface area contributed by atoms with Gasteiger partial charge in [-0.15, -0.1) is 0 Å². The quantitative estimate of drug-likeness (QED) is 0.726. The molecule has 0 fully saturated rings. The molecule has 1 aromatic carbocycles. The normalized spacial score (nSPS) is 11.4. The van der Waals surface area contributed by atoms with Gasteiger partial charge in [-0.2, -0.15) is 0 Å². The maximum Gasteiger partial charge on any atom is 0.187 e. The van der Waals surface area contributed by atoms with Gasteiger partial charge in [0, 0.05) is 31.5 Å². The molecule has 0 aliphatic carbocycles. The van der Waals surface area contributed by atoms with Gasteiger partial charge in [0.25, 0.3) is 0 Å². The second-order valence-corrected chi connectivity index (χ2v) is 4.83. The van der Waals surface area contributed by atoms with E-state index >= 15 is 0 Å². The van der Waals surface area contributed by atoms with Gasteiger partial charge in [-0.25, -0.2) is 0 Å². The van der Waals surface area contributed by atoms with Crippen LogP contribution in [-0.4, -0.2) is 34.6 Å². The summed E-state index contributed by atoms with van der Waals surface area (Å²) in [6.07, 6.45) is 5.96. The molecule has 0 atom stereocenters. The Balaban J connectivity index is 2.06. The van der Waals surface area contributed by atoms with Crippen molar-refractivity contribution in [3.05, 3.63) is 54.9 Å². The van der Waals surface area contributed by atoms with Gasteiger partial charge in [-0.3, -0.25) is 25.2 Å². The summed E-state index contributed by atoms with van der Waals surface area (Å²) in [7, 11) is 0. The molecule has 2 N–H and O–H groups in total. The largest absolute Gasteiger partial charge is 0.313 e. The number of hydrogen-bond donors (Lipinski definition) is 2. The number of hydrogen-bond acceptors (Lipinski definition) is 6. The molecule has 1 heterocycles. The summed E-state index contributed by atoms with van der Waals surface area (Å²) in [5.74, 6) is -0.390. The first-order valence-electron chi connectivity index (χ1n) is 7.37. The fourth-order valence-corrected chi connectivity index (χ4v) is 1.89. The number of ketones is 1. The zero-order chi connectivity index (χ0) is 17.2. The van der Waals surface area contributed by atoms with Gasteiger partial charge in [0.2, 0.25) is 0 Å². The summed E-state index contributed by atoms with van der Waals surface area (Å²) in [4.78, 5) is 24.5. The minimum Gasteiger partial charge on any atom is -0.313 e. The van der Waals surface area contributed by atoms with Crippen LogP contribution >= 0.6 is 0 Å². The monoisotopic (exact) mass is 319 g/mol. The number of para-hydroxylation sites is 1. The average molecular weight is 319 g/mol. The van der Waals surface area contributed by atoms with E-state index in [2.05, 4.69) is 15.0 Å². The first kappa shape index (κ1) is 17.1. The fourth-order valence-electron chi connectivity index (χ4n) is 1.89. The molecule has 1 aromatic heterocycles. The highest BCUT2D eigenvalue weighted by molar-refractivity contribution is 6.68. The lowest BCUT2D eigenvalue weighted by molar-refractivity contribution is -0.111. The Bertz CT molecular complexity index is 767. The molecule has 0 unspecified atom stereocenters. The van der Waals surface area contributed by atoms with E-state index in [1.54, 1.807) is 36.7 Å². The number of benzene rings is 1. The molecule has 0 aliphatic heterocycles. The molecule has 2 aromatic rings. The van der Waals surface area contributed by atoms with E-state index in [0.717, 1.165) is 6.21 Å². The van der Waals surface area contributed by atoms with Crippen molar-refractivity contribution in [3.63, 3.8) is 0 Å². The van der Waals surface area contributed by atoms with Gasteiger partial charge < -0.3 is 5.41 Å². The molecule has 0 saturated carbocycles. The number of aliphatic imine (C=N–C) groups is 2. The van der Waals surface area contributed by atoms with Crippen molar-refractivity contribution in [2.75, 3.05) is 0 Å². The van der Waals surface area contributed by atoms with E-state index in [-0.39, 0.29) is 30.0 Å². The van der Waals surface area contributed by atoms with E-state index in [1.165, 1.54) is 6.21 Å². The Hall–Kier alpha value is -3.28. The summed E-state index contributed by atoms with van der Waals surface area (Å²) in [6.45, 7) is 0. The van der Waals surface area contributed by atoms with Gasteiger partial charge in [0.15, 0.2) is 5.78 Å². The molecule has 0 saturated heterocycles. The molecule has 0 spiro atoms. The molecular formula is C18H17N5O. The number of carbonyl (C=O) groups excluding carboxylic acids is 1. The average Bonchev–Trinajstić information content (AvgIpc) is 2.62. The van der Waals surface area contributed by atoms with Crippen LogP contribution in [0.3, 0.4) is 0 Å². The standard InChI is InChI=1S/C18H17N5O/c19-10-8-16(23-14-5-2-1-3-6-14)18(20)17(24)9-12-22-15-7-4-11-21-13-15/h1-7,10-13,19-20H,8-9H2. The smallest absolute Gasteiger partial charge is 0.187 e. The van der Waals surface area contributed by atoms with E-state index in [9.17, 15) is 4.79 Å². The van der Waals surface area contributed by atoms with Gasteiger partial charge >= 0.3 is 0 Å². The van der Waals surface area contributed by atoms with Crippen LogP contribution in [0.4, 0.5) is 11.4 Å². The van der Waals surface area contributed by atoms with E-state index in [4.69, 9.17) is 10.8 Å². The first-order chi connectivity index (χ1) is 11.7. The van der Waals surface area contributed by atoms with Crippen LogP contribution in [0.5, 0.6) is 0 Å². The van der Waals surface area contributed by atoms with E-state index in [0.29, 0.717) is 11.4 Å². The van der Waals surface area contributed by atoms with Gasteiger partial charge in [0.05, 0.1) is 23.3 Å². The van der Waals surface area contributed by atoms with Gasteiger partial charge in [0.1, 0.15) is 5.71 Å². The molecule has 120 valence electrons. The molecule has 6 nitrogen and oxygen atoms in total. The van der Waals surface area contributed by atoms with Crippen LogP contribution in [0.25, 0.3) is 0 Å². The summed E-state index contributed by atoms with van der Waals surface area (Å²) in [5, 5.41) is 15.3. The predicted molar refractivity (Wildman–Crippen MR) is 96.7 cm³/mol. The minimum atomic E-state index is -0.390. The minimum absolute atomic E-state index is 0.000459. The predicted octanol–water partition coefficient (Wildman–Crippen LogP) is 3.58. The summed E-state index contributed by atoms with van der Waals surface area (Å²) in [5.41, 5.74) is 1.38. The third-order valence-corrected chi connectivity index (χ3v) is 3.05. The number of nitrogens with zero attached hydrogens (tertiary/aromatic N) is 3. The lowest BCUT2D eigenvalue weighted by atomic mass is 10.1. The summed E-state index contributed by atoms with van der Waals surface area (Å²) >= 11 is 0. The number of nitrogens with one attached hydrogen (secondary N) is 2. The number of carbonyl (C=O) groups is 1. The summed E-state index contributed by atoms with van der Waals surface area (Å²) < 4.78 is 0. The highest BCUT2D eigenvalue weighted by atomic mass is 16.1. The lowest BCUT2D eigenvalue weighted by Crippen LogP contribution is -2.23. The maximum atomic E-state index is 12.2. The zero-order valence-electron chi connectivity index (χ0n) is 13.0. The third-order valence-electron chi connectivity index (χ3n) is 3.05. The molecular weight excluding hydrogens is 302 g/mol. The Labute approximate surface area is 140 Å². The number of pyridine rings is 1. The second kappa shape index (κ2) is 8.99. The highest BCUT2D eigenvalue weighted by Crippen LogP contribution is 2.12. The number of Topliss-reactive ketones (excluding diaryl/α,β-unsaturated/α-hetero) is 1. The van der Waals surface area contributed by atoms with Crippen molar-refractivity contribution in [3.8, 4) is 0 Å². The number of rotatable bonds is 8. The highest BCUT2D eigenvalue weighted by Gasteiger charge is 2.14. The van der Waals surface area contributed by atoms with Crippen molar-refractivity contribution in [2.45, 2.75) is 12.8 Å². The summed E-state index contributed by atoms with van der Waals surface area (Å²) in [6, 6.07) is 12.6. The third kappa shape index (κ3) is 5.17. The van der Waals surface area contributed by atoms with Gasteiger partial charge in [-0.05, 0) is 24.3 Å². The molecule has 0 bridgehead atoms. The van der Waals surface area contributed by atoms with Crippen LogP contribution in [0.15, 0.2) is 64.8 Å². The topological polar surface area (TPSA) is 102 Å². The molecule has 6 heteroatoms. The Kier molecular flexibility index (Phi) is 6.40. The van der Waals surface area contributed by atoms with Crippen LogP contribution in [-0.2, 0) is 4.79 Å². The molecule has 0 amide bonds. The maximum absolute atomic E-state index is 12.2. The van der Waals surface area contributed by atoms with E-state index < -0.39 is 0 Å². The molecule has 2 rings (SSSR count). The SMILES string of the molecule is N=CCC(=Nc1ccccc1)C(=N)C(=O)CC=Nc1cccnc1. The van der Waals surface area contributed by atoms with E-state index in [1.807, 2.05) is 18.2 Å². The van der Waals surface area contributed by atoms with Crippen LogP contribution < -0.4 is 0 Å². The van der Waals surface area contributed by atoms with Crippen molar-refractivity contribution < 1.29 is 4.79 Å². The van der Waals surface area contributed by atoms with Crippen molar-refractivity contribution in [1.82, 2.24) is 4.98 Å². The van der Waals surface area contributed by atoms with Crippen molar-refractivity contribution in [1.29, 1.82) is 10.8 Å². The van der Waals surface area contributed by atoms with Gasteiger partial charge in [-0.1, -0.05) is 18.2 Å². The molecule has 24 heavy (non-hydrogen) atoms. The fraction of sp³-hybridized carbons (Fsp3) is 0.111. The Morgan fingerprint density at radius 1 is 1.08 bits per heavy atom.